The standard InChI is InChI=1S/C22H22N2O2S/c1-4-16-12-18-11-14(2)5-10-20(18)24-22(16)27-13-21(26)23-19-8-6-17(7-9-19)15(3)25/h5-12H,4,13H2,1-3H3,(H,23,26). The second kappa shape index (κ2) is 8.35. The van der Waals surface area contributed by atoms with Crippen LogP contribution in [0.2, 0.25) is 0 Å². The normalized spacial score (nSPS) is 10.8. The summed E-state index contributed by atoms with van der Waals surface area (Å²) in [4.78, 5) is 28.3. The molecule has 27 heavy (non-hydrogen) atoms. The van der Waals surface area contributed by atoms with Crippen molar-refractivity contribution in [3.8, 4) is 0 Å². The van der Waals surface area contributed by atoms with Gasteiger partial charge in [0.15, 0.2) is 5.78 Å². The van der Waals surface area contributed by atoms with Crippen molar-refractivity contribution in [2.75, 3.05) is 11.1 Å². The predicted octanol–water partition coefficient (Wildman–Crippen LogP) is 5.04. The topological polar surface area (TPSA) is 59.1 Å². The maximum absolute atomic E-state index is 12.3. The van der Waals surface area contributed by atoms with Crippen molar-refractivity contribution in [2.45, 2.75) is 32.2 Å². The van der Waals surface area contributed by atoms with Crippen LogP contribution in [0.1, 0.15) is 35.3 Å². The maximum atomic E-state index is 12.3. The molecule has 0 bridgehead atoms. The smallest absolute Gasteiger partial charge is 0.234 e. The fourth-order valence-corrected chi connectivity index (χ4v) is 3.71. The van der Waals surface area contributed by atoms with Gasteiger partial charge in [0, 0.05) is 16.6 Å². The van der Waals surface area contributed by atoms with Crippen LogP contribution in [0.15, 0.2) is 53.6 Å². The molecule has 0 radical (unpaired) electrons. The van der Waals surface area contributed by atoms with E-state index in [-0.39, 0.29) is 17.4 Å². The molecule has 3 rings (SSSR count). The summed E-state index contributed by atoms with van der Waals surface area (Å²) in [6, 6.07) is 15.3. The van der Waals surface area contributed by atoms with Crippen molar-refractivity contribution in [3.63, 3.8) is 0 Å². The highest BCUT2D eigenvalue weighted by atomic mass is 32.2. The molecule has 1 aromatic heterocycles. The third-order valence-corrected chi connectivity index (χ3v) is 5.34. The molecule has 5 heteroatoms. The number of hydrogen-bond donors (Lipinski definition) is 1. The van der Waals surface area contributed by atoms with Gasteiger partial charge in [-0.15, -0.1) is 0 Å². The van der Waals surface area contributed by atoms with Gasteiger partial charge in [-0.25, -0.2) is 4.98 Å². The van der Waals surface area contributed by atoms with Crippen LogP contribution in [0.25, 0.3) is 10.9 Å². The number of carbonyl (C=O) groups excluding carboxylic acids is 2. The highest BCUT2D eigenvalue weighted by Gasteiger charge is 2.10. The molecule has 1 N–H and O–H groups in total. The van der Waals surface area contributed by atoms with E-state index in [1.165, 1.54) is 24.2 Å². The molecule has 0 aliphatic heterocycles. The van der Waals surface area contributed by atoms with E-state index >= 15 is 0 Å². The molecule has 138 valence electrons. The second-order valence-corrected chi connectivity index (χ2v) is 7.44. The lowest BCUT2D eigenvalue weighted by molar-refractivity contribution is -0.113. The number of anilines is 1. The summed E-state index contributed by atoms with van der Waals surface area (Å²) in [7, 11) is 0. The first-order chi connectivity index (χ1) is 13.0. The molecule has 0 atom stereocenters. The summed E-state index contributed by atoms with van der Waals surface area (Å²) in [5, 5.41) is 4.89. The number of thioether (sulfide) groups is 1. The molecule has 0 aliphatic rings. The Hall–Kier alpha value is -2.66. The number of benzene rings is 2. The number of Topliss-reactive ketones (excluding diaryl/α,β-unsaturated/α-hetero) is 1. The third kappa shape index (κ3) is 4.74. The first-order valence-electron chi connectivity index (χ1n) is 8.90. The predicted molar refractivity (Wildman–Crippen MR) is 112 cm³/mol. The SMILES string of the molecule is CCc1cc2cc(C)ccc2nc1SCC(=O)Nc1ccc(C(C)=O)cc1. The Morgan fingerprint density at radius 3 is 2.48 bits per heavy atom. The monoisotopic (exact) mass is 378 g/mol. The molecule has 0 saturated heterocycles. The van der Waals surface area contributed by atoms with Crippen LogP contribution >= 0.6 is 11.8 Å². The molecule has 0 aliphatic carbocycles. The summed E-state index contributed by atoms with van der Waals surface area (Å²) in [5.41, 5.74) is 4.62. The number of carbonyl (C=O) groups is 2. The minimum absolute atomic E-state index is 0.00750. The van der Waals surface area contributed by atoms with Gasteiger partial charge in [0.05, 0.1) is 11.3 Å². The molecule has 0 spiro atoms. The fraction of sp³-hybridized carbons (Fsp3) is 0.227. The molecule has 2 aromatic carbocycles. The molecule has 4 nitrogen and oxygen atoms in total. The van der Waals surface area contributed by atoms with Crippen LogP contribution in [0.3, 0.4) is 0 Å². The lowest BCUT2D eigenvalue weighted by Gasteiger charge is -2.10. The Morgan fingerprint density at radius 2 is 1.81 bits per heavy atom. The molecule has 0 fully saturated rings. The highest BCUT2D eigenvalue weighted by molar-refractivity contribution is 8.00. The fourth-order valence-electron chi connectivity index (χ4n) is 2.82. The molecular weight excluding hydrogens is 356 g/mol. The van der Waals surface area contributed by atoms with E-state index in [1.54, 1.807) is 24.3 Å². The van der Waals surface area contributed by atoms with Crippen molar-refractivity contribution in [1.82, 2.24) is 4.98 Å². The lowest BCUT2D eigenvalue weighted by Crippen LogP contribution is -2.14. The van der Waals surface area contributed by atoms with E-state index in [0.29, 0.717) is 11.3 Å². The zero-order valence-corrected chi connectivity index (χ0v) is 16.5. The minimum Gasteiger partial charge on any atom is -0.325 e. The van der Waals surface area contributed by atoms with Crippen molar-refractivity contribution < 1.29 is 9.59 Å². The zero-order chi connectivity index (χ0) is 19.4. The van der Waals surface area contributed by atoms with Crippen LogP contribution in [0, 0.1) is 6.92 Å². The average Bonchev–Trinajstić information content (AvgIpc) is 2.66. The van der Waals surface area contributed by atoms with E-state index in [2.05, 4.69) is 31.3 Å². The first kappa shape index (κ1) is 19.1. The summed E-state index contributed by atoms with van der Waals surface area (Å²) < 4.78 is 0. The van der Waals surface area contributed by atoms with Crippen LogP contribution in [-0.2, 0) is 11.2 Å². The van der Waals surface area contributed by atoms with Crippen molar-refractivity contribution in [2.24, 2.45) is 0 Å². The Kier molecular flexibility index (Phi) is 5.91. The van der Waals surface area contributed by atoms with Crippen LogP contribution in [0.4, 0.5) is 5.69 Å². The van der Waals surface area contributed by atoms with Gasteiger partial charge in [-0.05, 0) is 68.3 Å². The summed E-state index contributed by atoms with van der Waals surface area (Å²) in [6.07, 6.45) is 0.868. The van der Waals surface area contributed by atoms with Gasteiger partial charge in [0.25, 0.3) is 0 Å². The molecule has 1 heterocycles. The van der Waals surface area contributed by atoms with Crippen LogP contribution < -0.4 is 5.32 Å². The number of nitrogens with zero attached hydrogens (tertiary/aromatic N) is 1. The Bertz CT molecular complexity index is 997. The van der Waals surface area contributed by atoms with Gasteiger partial charge in [0.1, 0.15) is 5.03 Å². The van der Waals surface area contributed by atoms with Gasteiger partial charge >= 0.3 is 0 Å². The number of hydrogen-bond acceptors (Lipinski definition) is 4. The van der Waals surface area contributed by atoms with E-state index in [4.69, 9.17) is 4.98 Å². The highest BCUT2D eigenvalue weighted by Crippen LogP contribution is 2.26. The average molecular weight is 378 g/mol. The Morgan fingerprint density at radius 1 is 1.07 bits per heavy atom. The quantitative estimate of drug-likeness (QED) is 0.482. The van der Waals surface area contributed by atoms with E-state index in [9.17, 15) is 9.59 Å². The Balaban J connectivity index is 1.69. The van der Waals surface area contributed by atoms with Crippen LogP contribution in [0.5, 0.6) is 0 Å². The van der Waals surface area contributed by atoms with Crippen molar-refractivity contribution >= 4 is 40.0 Å². The van der Waals surface area contributed by atoms with Gasteiger partial charge in [-0.3, -0.25) is 9.59 Å². The van der Waals surface area contributed by atoms with Crippen molar-refractivity contribution in [1.29, 1.82) is 0 Å². The number of ketones is 1. The second-order valence-electron chi connectivity index (χ2n) is 6.47. The van der Waals surface area contributed by atoms with E-state index in [1.807, 2.05) is 12.1 Å². The number of aromatic nitrogens is 1. The van der Waals surface area contributed by atoms with Crippen molar-refractivity contribution in [3.05, 3.63) is 65.2 Å². The molecular formula is C22H22N2O2S. The molecule has 3 aromatic rings. The van der Waals surface area contributed by atoms with E-state index < -0.39 is 0 Å². The molecule has 0 unspecified atom stereocenters. The van der Waals surface area contributed by atoms with E-state index in [0.717, 1.165) is 27.9 Å². The number of nitrogens with one attached hydrogen (secondary N) is 1. The molecule has 0 saturated carbocycles. The summed E-state index contributed by atoms with van der Waals surface area (Å²) in [6.45, 7) is 5.69. The number of rotatable bonds is 6. The Labute approximate surface area is 163 Å². The van der Waals surface area contributed by atoms with Gasteiger partial charge < -0.3 is 5.32 Å². The first-order valence-corrected chi connectivity index (χ1v) is 9.88. The maximum Gasteiger partial charge on any atom is 0.234 e. The van der Waals surface area contributed by atoms with Gasteiger partial charge in [-0.2, -0.15) is 0 Å². The number of fused-ring (bicyclic) bond motifs is 1. The largest absolute Gasteiger partial charge is 0.325 e. The lowest BCUT2D eigenvalue weighted by atomic mass is 10.1. The number of aryl methyl sites for hydroxylation is 2. The minimum atomic E-state index is -0.0940. The number of pyridine rings is 1. The van der Waals surface area contributed by atoms with Gasteiger partial charge in [0.2, 0.25) is 5.91 Å². The summed E-state index contributed by atoms with van der Waals surface area (Å²) >= 11 is 1.45. The third-order valence-electron chi connectivity index (χ3n) is 4.31. The molecule has 1 amide bonds. The zero-order valence-electron chi connectivity index (χ0n) is 15.7. The van der Waals surface area contributed by atoms with Crippen LogP contribution in [-0.4, -0.2) is 22.4 Å². The van der Waals surface area contributed by atoms with Gasteiger partial charge in [-0.1, -0.05) is 30.3 Å². The number of amides is 1. The summed E-state index contributed by atoms with van der Waals surface area (Å²) in [5.74, 6) is 0.197.